The predicted octanol–water partition coefficient (Wildman–Crippen LogP) is 8.29. The van der Waals surface area contributed by atoms with E-state index in [1.165, 1.54) is 6.20 Å². The second kappa shape index (κ2) is 15.9. The quantitative estimate of drug-likeness (QED) is 0.0878. The van der Waals surface area contributed by atoms with Crippen LogP contribution in [0.4, 0.5) is 5.82 Å². The van der Waals surface area contributed by atoms with Gasteiger partial charge < -0.3 is 19.5 Å². The molecule has 7 aromatic rings. The summed E-state index contributed by atoms with van der Waals surface area (Å²) in [4.78, 5) is 22.0. The number of rotatable bonds is 14. The standard InChI is InChI=1S/C46H41N3O4/c1-52-41-29-27-37(28-30-41)45(35-17-7-2-8-18-35,36-19-9-3-10-20-36)49(42-31-33-47-44(51)48-42)34-32-43(50)53-46(38-21-11-4-12-22-38,39-23-13-5-14-24-39)40-25-15-6-16-26-40/h2-31,33,43,50H,32,34H2,1H3,(H,47,48,51). The number of aromatic nitrogens is 2. The molecule has 53 heavy (non-hydrogen) atoms. The van der Waals surface area contributed by atoms with Crippen molar-refractivity contribution in [1.29, 1.82) is 0 Å². The summed E-state index contributed by atoms with van der Waals surface area (Å²) in [6.45, 7) is 0.255. The number of aromatic amines is 1. The first kappa shape index (κ1) is 35.1. The Morgan fingerprint density at radius 2 is 1.02 bits per heavy atom. The fourth-order valence-corrected chi connectivity index (χ4v) is 7.37. The lowest BCUT2D eigenvalue weighted by atomic mass is 9.75. The summed E-state index contributed by atoms with van der Waals surface area (Å²) < 4.78 is 12.6. The average molecular weight is 700 g/mol. The predicted molar refractivity (Wildman–Crippen MR) is 209 cm³/mol. The van der Waals surface area contributed by atoms with Crippen LogP contribution in [-0.4, -0.2) is 35.0 Å². The topological polar surface area (TPSA) is 87.7 Å². The monoisotopic (exact) mass is 699 g/mol. The van der Waals surface area contributed by atoms with E-state index in [-0.39, 0.29) is 13.0 Å². The van der Waals surface area contributed by atoms with Crippen molar-refractivity contribution in [3.63, 3.8) is 0 Å². The summed E-state index contributed by atoms with van der Waals surface area (Å²) in [5.74, 6) is 1.25. The second-order valence-electron chi connectivity index (χ2n) is 12.7. The van der Waals surface area contributed by atoms with Gasteiger partial charge in [0.15, 0.2) is 6.29 Å². The van der Waals surface area contributed by atoms with Gasteiger partial charge in [0.2, 0.25) is 0 Å². The molecule has 6 aromatic carbocycles. The first-order chi connectivity index (χ1) is 26.1. The van der Waals surface area contributed by atoms with Gasteiger partial charge in [-0.1, -0.05) is 164 Å². The van der Waals surface area contributed by atoms with Gasteiger partial charge in [-0.3, -0.25) is 4.98 Å². The fourth-order valence-electron chi connectivity index (χ4n) is 7.37. The first-order valence-electron chi connectivity index (χ1n) is 17.7. The van der Waals surface area contributed by atoms with Gasteiger partial charge in [0.1, 0.15) is 22.7 Å². The van der Waals surface area contributed by atoms with E-state index in [0.29, 0.717) is 5.82 Å². The minimum atomic E-state index is -1.26. The molecule has 0 saturated heterocycles. The van der Waals surface area contributed by atoms with E-state index in [1.807, 2.05) is 152 Å². The Kier molecular flexibility index (Phi) is 10.6. The molecule has 7 nitrogen and oxygen atoms in total. The summed E-state index contributed by atoms with van der Waals surface area (Å²) in [6.07, 6.45) is 0.413. The number of nitrogens with one attached hydrogen (secondary N) is 1. The third-order valence-electron chi connectivity index (χ3n) is 9.70. The van der Waals surface area contributed by atoms with Crippen molar-refractivity contribution >= 4 is 5.82 Å². The normalized spacial score (nSPS) is 12.2. The van der Waals surface area contributed by atoms with E-state index in [0.717, 1.165) is 39.1 Å². The van der Waals surface area contributed by atoms with E-state index in [1.54, 1.807) is 13.2 Å². The minimum Gasteiger partial charge on any atom is -0.497 e. The third-order valence-corrected chi connectivity index (χ3v) is 9.70. The summed E-state index contributed by atoms with van der Waals surface area (Å²) in [5, 5.41) is 12.2. The molecule has 1 atom stereocenters. The van der Waals surface area contributed by atoms with Crippen molar-refractivity contribution in [3.05, 3.63) is 232 Å². The Balaban J connectivity index is 1.39. The highest BCUT2D eigenvalue weighted by atomic mass is 16.6. The molecule has 1 heterocycles. The zero-order valence-electron chi connectivity index (χ0n) is 29.5. The molecule has 1 aromatic heterocycles. The highest BCUT2D eigenvalue weighted by Gasteiger charge is 2.44. The molecule has 264 valence electrons. The van der Waals surface area contributed by atoms with Crippen molar-refractivity contribution in [2.45, 2.75) is 23.9 Å². The maximum Gasteiger partial charge on any atom is 0.346 e. The van der Waals surface area contributed by atoms with Gasteiger partial charge in [0.25, 0.3) is 0 Å². The molecule has 1 unspecified atom stereocenters. The van der Waals surface area contributed by atoms with Crippen molar-refractivity contribution in [2.75, 3.05) is 18.6 Å². The number of ether oxygens (including phenoxy) is 2. The van der Waals surface area contributed by atoms with Crippen LogP contribution < -0.4 is 15.3 Å². The van der Waals surface area contributed by atoms with Crippen molar-refractivity contribution in [3.8, 4) is 5.75 Å². The molecule has 7 rings (SSSR count). The Morgan fingerprint density at radius 3 is 1.43 bits per heavy atom. The maximum atomic E-state index is 12.9. The Hall–Kier alpha value is -6.28. The lowest BCUT2D eigenvalue weighted by Crippen LogP contribution is -2.50. The van der Waals surface area contributed by atoms with Gasteiger partial charge in [-0.25, -0.2) is 9.78 Å². The van der Waals surface area contributed by atoms with Crippen LogP contribution in [0.3, 0.4) is 0 Å². The van der Waals surface area contributed by atoms with Crippen LogP contribution in [0.25, 0.3) is 0 Å². The molecule has 0 aliphatic rings. The summed E-state index contributed by atoms with van der Waals surface area (Å²) in [6, 6.07) is 60.1. The molecule has 0 fully saturated rings. The smallest absolute Gasteiger partial charge is 0.346 e. The SMILES string of the molecule is COc1ccc(C(c2ccccc2)(c2ccccc2)N(CCC(O)OC(c2ccccc2)(c2ccccc2)c2ccccc2)c2ccnc(=O)[nH]2)cc1. The number of hydrogen-bond donors (Lipinski definition) is 2. The van der Waals surface area contributed by atoms with E-state index < -0.39 is 23.1 Å². The van der Waals surface area contributed by atoms with Crippen LogP contribution in [0.2, 0.25) is 0 Å². The molecular weight excluding hydrogens is 659 g/mol. The number of nitrogens with zero attached hydrogens (tertiary/aromatic N) is 2. The Labute approximate surface area is 309 Å². The van der Waals surface area contributed by atoms with E-state index in [2.05, 4.69) is 39.1 Å². The molecule has 0 spiro atoms. The number of H-pyrrole nitrogens is 1. The summed E-state index contributed by atoms with van der Waals surface area (Å²) in [5.41, 5.74) is 2.88. The van der Waals surface area contributed by atoms with Gasteiger partial charge in [-0.2, -0.15) is 0 Å². The van der Waals surface area contributed by atoms with Crippen LogP contribution in [0.1, 0.15) is 39.8 Å². The van der Waals surface area contributed by atoms with Crippen LogP contribution >= 0.6 is 0 Å². The van der Waals surface area contributed by atoms with Gasteiger partial charge in [-0.15, -0.1) is 0 Å². The summed E-state index contributed by atoms with van der Waals surface area (Å²) >= 11 is 0. The largest absolute Gasteiger partial charge is 0.497 e. The number of hydrogen-bond acceptors (Lipinski definition) is 6. The highest BCUT2D eigenvalue weighted by molar-refractivity contribution is 5.61. The minimum absolute atomic E-state index is 0.163. The molecule has 0 amide bonds. The molecule has 2 N–H and O–H groups in total. The number of benzene rings is 6. The zero-order chi connectivity index (χ0) is 36.5. The molecule has 7 heteroatoms. The Morgan fingerprint density at radius 1 is 0.604 bits per heavy atom. The number of anilines is 1. The second-order valence-corrected chi connectivity index (χ2v) is 12.7. The molecule has 0 radical (unpaired) electrons. The molecule has 0 aliphatic heterocycles. The van der Waals surface area contributed by atoms with Crippen LogP contribution in [0.15, 0.2) is 193 Å². The molecular formula is C46H41N3O4. The highest BCUT2D eigenvalue weighted by Crippen LogP contribution is 2.46. The van der Waals surface area contributed by atoms with Crippen molar-refractivity contribution < 1.29 is 14.6 Å². The number of aliphatic hydroxyl groups is 1. The van der Waals surface area contributed by atoms with Gasteiger partial charge in [0, 0.05) is 19.2 Å². The van der Waals surface area contributed by atoms with E-state index in [4.69, 9.17) is 9.47 Å². The maximum absolute atomic E-state index is 12.9. The number of aliphatic hydroxyl groups excluding tert-OH is 1. The van der Waals surface area contributed by atoms with Gasteiger partial charge in [-0.05, 0) is 51.6 Å². The van der Waals surface area contributed by atoms with E-state index in [9.17, 15) is 9.90 Å². The molecule has 0 bridgehead atoms. The van der Waals surface area contributed by atoms with Crippen molar-refractivity contribution in [2.24, 2.45) is 0 Å². The lowest BCUT2D eigenvalue weighted by Gasteiger charge is -2.47. The molecule has 0 aliphatic carbocycles. The van der Waals surface area contributed by atoms with Crippen LogP contribution in [0.5, 0.6) is 5.75 Å². The summed E-state index contributed by atoms with van der Waals surface area (Å²) in [7, 11) is 1.65. The lowest BCUT2D eigenvalue weighted by molar-refractivity contribution is -0.160. The Bertz CT molecular complexity index is 2100. The average Bonchev–Trinajstić information content (AvgIpc) is 3.23. The van der Waals surface area contributed by atoms with Gasteiger partial charge >= 0.3 is 5.69 Å². The first-order valence-corrected chi connectivity index (χ1v) is 17.7. The fraction of sp³-hybridized carbons (Fsp3) is 0.130. The number of methoxy groups -OCH3 is 1. The zero-order valence-corrected chi connectivity index (χ0v) is 29.5. The molecule has 0 saturated carbocycles. The van der Waals surface area contributed by atoms with Crippen LogP contribution in [-0.2, 0) is 15.9 Å². The van der Waals surface area contributed by atoms with E-state index >= 15 is 0 Å². The van der Waals surface area contributed by atoms with Crippen molar-refractivity contribution in [1.82, 2.24) is 9.97 Å². The van der Waals surface area contributed by atoms with Gasteiger partial charge in [0.05, 0.1) is 7.11 Å². The third kappa shape index (κ3) is 7.00. The van der Waals surface area contributed by atoms with Crippen LogP contribution in [0, 0.1) is 0 Å².